The number of rotatable bonds is 4. The van der Waals surface area contributed by atoms with Gasteiger partial charge >= 0.3 is 12.6 Å². The maximum Gasteiger partial charge on any atom is 0.387 e. The Kier molecular flexibility index (Phi) is 4.80. The van der Waals surface area contributed by atoms with Crippen molar-refractivity contribution in [2.45, 2.75) is 13.0 Å². The van der Waals surface area contributed by atoms with Gasteiger partial charge in [0.2, 0.25) is 0 Å². The highest BCUT2D eigenvalue weighted by Crippen LogP contribution is 2.30. The van der Waals surface area contributed by atoms with Crippen molar-refractivity contribution in [1.29, 1.82) is 0 Å². The predicted molar refractivity (Wildman–Crippen MR) is 56.5 cm³/mol. The normalized spacial score (nSPS) is 10.5. The number of ether oxygens (including phenoxy) is 2. The number of hydrogen-bond acceptors (Lipinski definition) is 3. The van der Waals surface area contributed by atoms with E-state index < -0.39 is 24.1 Å². The van der Waals surface area contributed by atoms with E-state index in [0.29, 0.717) is 0 Å². The van der Waals surface area contributed by atoms with Gasteiger partial charge in [0.05, 0.1) is 18.0 Å². The molecule has 0 radical (unpaired) electrons. The second-order valence-corrected chi connectivity index (χ2v) is 3.84. The van der Waals surface area contributed by atoms with Crippen LogP contribution < -0.4 is 4.74 Å². The molecule has 94 valence electrons. The summed E-state index contributed by atoms with van der Waals surface area (Å²) in [5.74, 6) is -2.31. The van der Waals surface area contributed by atoms with Crippen molar-refractivity contribution < 1.29 is 27.4 Å². The molecule has 0 saturated carbocycles. The molecule has 7 heteroatoms. The average Bonchev–Trinajstić information content (AvgIpc) is 2.28. The minimum absolute atomic E-state index is 0.00199. The minimum Gasteiger partial charge on any atom is -0.469 e. The van der Waals surface area contributed by atoms with Crippen molar-refractivity contribution in [2.75, 3.05) is 7.11 Å². The summed E-state index contributed by atoms with van der Waals surface area (Å²) in [6.45, 7) is -3.17. The van der Waals surface area contributed by atoms with Crippen LogP contribution in [0.5, 0.6) is 5.75 Å². The molecule has 0 heterocycles. The number of hydrogen-bond donors (Lipinski definition) is 0. The van der Waals surface area contributed by atoms with Gasteiger partial charge in [0.15, 0.2) is 11.6 Å². The number of benzene rings is 1. The van der Waals surface area contributed by atoms with Crippen molar-refractivity contribution >= 4 is 21.9 Å². The van der Waals surface area contributed by atoms with Crippen LogP contribution in [0.4, 0.5) is 13.2 Å². The summed E-state index contributed by atoms with van der Waals surface area (Å²) in [6, 6.07) is 2.60. The SMILES string of the molecule is COC(=O)Cc1ccc(Br)c(F)c1OC(F)F. The van der Waals surface area contributed by atoms with E-state index in [4.69, 9.17) is 0 Å². The fourth-order valence-corrected chi connectivity index (χ4v) is 1.47. The average molecular weight is 313 g/mol. The molecule has 1 aromatic rings. The summed E-state index contributed by atoms with van der Waals surface area (Å²) >= 11 is 2.84. The first-order valence-corrected chi connectivity index (χ1v) is 5.23. The molecule has 0 spiro atoms. The van der Waals surface area contributed by atoms with E-state index in [2.05, 4.69) is 25.4 Å². The third-order valence-corrected chi connectivity index (χ3v) is 2.51. The molecule has 0 aliphatic carbocycles. The van der Waals surface area contributed by atoms with Gasteiger partial charge in [-0.3, -0.25) is 4.79 Å². The fraction of sp³-hybridized carbons (Fsp3) is 0.300. The van der Waals surface area contributed by atoms with Gasteiger partial charge in [-0.1, -0.05) is 6.07 Å². The van der Waals surface area contributed by atoms with Crippen molar-refractivity contribution in [3.8, 4) is 5.75 Å². The van der Waals surface area contributed by atoms with Gasteiger partial charge in [-0.15, -0.1) is 0 Å². The van der Waals surface area contributed by atoms with Crippen molar-refractivity contribution in [2.24, 2.45) is 0 Å². The lowest BCUT2D eigenvalue weighted by atomic mass is 10.1. The molecule has 0 unspecified atom stereocenters. The Hall–Kier alpha value is -1.24. The monoisotopic (exact) mass is 312 g/mol. The number of carbonyl (C=O) groups excluding carboxylic acids is 1. The fourth-order valence-electron chi connectivity index (χ4n) is 1.16. The van der Waals surface area contributed by atoms with Crippen LogP contribution in [0.25, 0.3) is 0 Å². The van der Waals surface area contributed by atoms with Crippen LogP contribution in [0, 0.1) is 5.82 Å². The number of carbonyl (C=O) groups is 1. The quantitative estimate of drug-likeness (QED) is 0.802. The lowest BCUT2D eigenvalue weighted by Gasteiger charge is -2.11. The van der Waals surface area contributed by atoms with Gasteiger partial charge in [0, 0.05) is 5.56 Å². The topological polar surface area (TPSA) is 35.5 Å². The van der Waals surface area contributed by atoms with Crippen molar-refractivity contribution in [3.05, 3.63) is 28.0 Å². The summed E-state index contributed by atoms with van der Waals surface area (Å²) < 4.78 is 46.1. The highest BCUT2D eigenvalue weighted by Gasteiger charge is 2.19. The summed E-state index contributed by atoms with van der Waals surface area (Å²) in [5.41, 5.74) is -0.00199. The largest absolute Gasteiger partial charge is 0.469 e. The Labute approximate surface area is 104 Å². The molecule has 0 atom stereocenters. The standard InChI is InChI=1S/C10H8BrF3O3/c1-16-7(15)4-5-2-3-6(11)8(12)9(5)17-10(13)14/h2-3,10H,4H2,1H3. The maximum atomic E-state index is 13.5. The van der Waals surface area contributed by atoms with Crippen LogP contribution in [0.15, 0.2) is 16.6 Å². The van der Waals surface area contributed by atoms with Gasteiger partial charge in [-0.2, -0.15) is 8.78 Å². The van der Waals surface area contributed by atoms with Crippen LogP contribution in [-0.4, -0.2) is 19.7 Å². The lowest BCUT2D eigenvalue weighted by Crippen LogP contribution is -2.10. The Morgan fingerprint density at radius 1 is 1.47 bits per heavy atom. The van der Waals surface area contributed by atoms with Crippen LogP contribution >= 0.6 is 15.9 Å². The summed E-state index contributed by atoms with van der Waals surface area (Å²) in [4.78, 5) is 11.0. The van der Waals surface area contributed by atoms with Crippen LogP contribution in [-0.2, 0) is 16.0 Å². The molecule has 0 aliphatic heterocycles. The van der Waals surface area contributed by atoms with Crippen LogP contribution in [0.3, 0.4) is 0 Å². The number of alkyl halides is 2. The number of methoxy groups -OCH3 is 1. The zero-order valence-electron chi connectivity index (χ0n) is 8.68. The molecule has 0 aromatic heterocycles. The second kappa shape index (κ2) is 5.90. The summed E-state index contributed by atoms with van der Waals surface area (Å²) in [5, 5.41) is 0. The Morgan fingerprint density at radius 3 is 2.65 bits per heavy atom. The molecule has 17 heavy (non-hydrogen) atoms. The van der Waals surface area contributed by atoms with E-state index in [1.54, 1.807) is 0 Å². The Morgan fingerprint density at radius 2 is 2.12 bits per heavy atom. The van der Waals surface area contributed by atoms with Gasteiger partial charge in [0.1, 0.15) is 0 Å². The lowest BCUT2D eigenvalue weighted by molar-refractivity contribution is -0.139. The van der Waals surface area contributed by atoms with Crippen LogP contribution in [0.2, 0.25) is 0 Å². The van der Waals surface area contributed by atoms with E-state index in [1.807, 2.05) is 0 Å². The molecule has 1 aromatic carbocycles. The van der Waals surface area contributed by atoms with Gasteiger partial charge in [-0.05, 0) is 22.0 Å². The molecule has 0 bridgehead atoms. The molecule has 3 nitrogen and oxygen atoms in total. The third-order valence-electron chi connectivity index (χ3n) is 1.90. The smallest absolute Gasteiger partial charge is 0.387 e. The van der Waals surface area contributed by atoms with E-state index in [-0.39, 0.29) is 16.5 Å². The molecule has 1 rings (SSSR count). The van der Waals surface area contributed by atoms with Gasteiger partial charge in [-0.25, -0.2) is 4.39 Å². The van der Waals surface area contributed by atoms with Gasteiger partial charge < -0.3 is 9.47 Å². The van der Waals surface area contributed by atoms with Crippen molar-refractivity contribution in [1.82, 2.24) is 0 Å². The zero-order chi connectivity index (χ0) is 13.0. The Balaban J connectivity index is 3.10. The van der Waals surface area contributed by atoms with E-state index in [1.165, 1.54) is 12.1 Å². The molecule has 0 N–H and O–H groups in total. The van der Waals surface area contributed by atoms with E-state index in [9.17, 15) is 18.0 Å². The highest BCUT2D eigenvalue weighted by atomic mass is 79.9. The molecule has 0 fully saturated rings. The first kappa shape index (κ1) is 13.8. The first-order chi connectivity index (χ1) is 7.95. The molecular formula is C10H8BrF3O3. The number of halogens is 4. The summed E-state index contributed by atoms with van der Waals surface area (Å²) in [6.07, 6.45) is -0.344. The van der Waals surface area contributed by atoms with E-state index >= 15 is 0 Å². The van der Waals surface area contributed by atoms with Crippen LogP contribution in [0.1, 0.15) is 5.56 Å². The molecule has 0 amide bonds. The predicted octanol–water partition coefficient (Wildman–Crippen LogP) is 2.91. The van der Waals surface area contributed by atoms with Crippen molar-refractivity contribution in [3.63, 3.8) is 0 Å². The summed E-state index contributed by atoms with van der Waals surface area (Å²) in [7, 11) is 1.14. The number of esters is 1. The van der Waals surface area contributed by atoms with E-state index in [0.717, 1.165) is 7.11 Å². The highest BCUT2D eigenvalue weighted by molar-refractivity contribution is 9.10. The maximum absolute atomic E-state index is 13.5. The first-order valence-electron chi connectivity index (χ1n) is 4.44. The second-order valence-electron chi connectivity index (χ2n) is 2.98. The molecule has 0 saturated heterocycles. The Bertz CT molecular complexity index is 424. The zero-order valence-corrected chi connectivity index (χ0v) is 10.3. The van der Waals surface area contributed by atoms with Gasteiger partial charge in [0.25, 0.3) is 0 Å². The molecule has 0 aliphatic rings. The minimum atomic E-state index is -3.17. The third kappa shape index (κ3) is 3.62. The molecular weight excluding hydrogens is 305 g/mol.